The zero-order valence-corrected chi connectivity index (χ0v) is 10.9. The van der Waals surface area contributed by atoms with E-state index in [-0.39, 0.29) is 11.3 Å². The van der Waals surface area contributed by atoms with E-state index in [4.69, 9.17) is 5.73 Å². The fourth-order valence-corrected chi connectivity index (χ4v) is 3.94. The molecule has 0 fully saturated rings. The molecule has 2 nitrogen and oxygen atoms in total. The van der Waals surface area contributed by atoms with Gasteiger partial charge >= 0.3 is 0 Å². The average molecular weight is 237 g/mol. The maximum atomic E-state index is 12.2. The predicted octanol–water partition coefficient (Wildman–Crippen LogP) is 2.71. The molecule has 16 heavy (non-hydrogen) atoms. The van der Waals surface area contributed by atoms with Crippen LogP contribution in [0, 0.1) is 0 Å². The summed E-state index contributed by atoms with van der Waals surface area (Å²) in [5.41, 5.74) is 8.54. The molecule has 0 radical (unpaired) electrons. The Hall–Kier alpha value is -0.670. The van der Waals surface area contributed by atoms with Gasteiger partial charge in [0.15, 0.2) is 0 Å². The molecule has 1 aliphatic heterocycles. The Balaban J connectivity index is 2.47. The molecule has 0 bridgehead atoms. The van der Waals surface area contributed by atoms with E-state index in [0.29, 0.717) is 5.92 Å². The van der Waals surface area contributed by atoms with E-state index in [0.717, 1.165) is 16.9 Å². The highest BCUT2D eigenvalue weighted by molar-refractivity contribution is 7.86. The van der Waals surface area contributed by atoms with E-state index >= 15 is 0 Å². The fraction of sp³-hybridized carbons (Fsp3) is 0.538. The predicted molar refractivity (Wildman–Crippen MR) is 67.9 cm³/mol. The molecule has 1 aliphatic rings. The van der Waals surface area contributed by atoms with Crippen LogP contribution in [-0.2, 0) is 10.8 Å². The van der Waals surface area contributed by atoms with E-state index < -0.39 is 10.8 Å². The monoisotopic (exact) mass is 237 g/mol. The minimum Gasteiger partial charge on any atom is -0.323 e. The molecule has 2 rings (SSSR count). The van der Waals surface area contributed by atoms with Crippen molar-refractivity contribution < 1.29 is 4.21 Å². The third-order valence-corrected chi connectivity index (χ3v) is 5.34. The number of hydrogen-bond acceptors (Lipinski definition) is 2. The molecule has 1 heterocycles. The lowest BCUT2D eigenvalue weighted by atomic mass is 9.96. The molecular weight excluding hydrogens is 218 g/mol. The number of benzene rings is 1. The highest BCUT2D eigenvalue weighted by Crippen LogP contribution is 2.37. The molecule has 0 saturated heterocycles. The average Bonchev–Trinajstić information content (AvgIpc) is 2.51. The SMILES string of the molecule is CCC1C(N)c2cc(C(C)C)ccc2S1=O. The minimum absolute atomic E-state index is 0.0560. The van der Waals surface area contributed by atoms with Gasteiger partial charge < -0.3 is 5.73 Å². The van der Waals surface area contributed by atoms with Gasteiger partial charge in [0.1, 0.15) is 0 Å². The van der Waals surface area contributed by atoms with Crippen LogP contribution in [0.1, 0.15) is 50.3 Å². The Morgan fingerprint density at radius 3 is 2.69 bits per heavy atom. The van der Waals surface area contributed by atoms with Crippen molar-refractivity contribution in [1.82, 2.24) is 0 Å². The van der Waals surface area contributed by atoms with Crippen LogP contribution in [-0.4, -0.2) is 9.46 Å². The largest absolute Gasteiger partial charge is 0.323 e. The normalized spacial score (nSPS) is 28.4. The quantitative estimate of drug-likeness (QED) is 0.859. The van der Waals surface area contributed by atoms with Crippen LogP contribution in [0.2, 0.25) is 0 Å². The van der Waals surface area contributed by atoms with Crippen molar-refractivity contribution in [3.63, 3.8) is 0 Å². The number of rotatable bonds is 2. The molecule has 2 N–H and O–H groups in total. The lowest BCUT2D eigenvalue weighted by molar-refractivity contribution is 0.632. The van der Waals surface area contributed by atoms with Gasteiger partial charge in [0.2, 0.25) is 0 Å². The number of nitrogens with two attached hydrogens (primary N) is 1. The molecule has 0 aliphatic carbocycles. The second-order valence-electron chi connectivity index (χ2n) is 4.72. The van der Waals surface area contributed by atoms with Gasteiger partial charge in [0.05, 0.1) is 16.0 Å². The van der Waals surface area contributed by atoms with E-state index in [1.165, 1.54) is 5.56 Å². The fourth-order valence-electron chi connectivity index (χ4n) is 2.27. The summed E-state index contributed by atoms with van der Waals surface area (Å²) in [5, 5.41) is 0.0948. The van der Waals surface area contributed by atoms with Crippen LogP contribution in [0.25, 0.3) is 0 Å². The van der Waals surface area contributed by atoms with E-state index in [1.54, 1.807) is 0 Å². The lowest BCUT2D eigenvalue weighted by Crippen LogP contribution is -2.22. The molecular formula is C13H19NOS. The van der Waals surface area contributed by atoms with Crippen molar-refractivity contribution in [2.75, 3.05) is 0 Å². The van der Waals surface area contributed by atoms with Gasteiger partial charge in [-0.05, 0) is 29.5 Å². The van der Waals surface area contributed by atoms with E-state index in [1.807, 2.05) is 6.07 Å². The second-order valence-corrected chi connectivity index (χ2v) is 6.36. The molecule has 1 aromatic carbocycles. The molecule has 1 aromatic rings. The number of fused-ring (bicyclic) bond motifs is 1. The van der Waals surface area contributed by atoms with E-state index in [2.05, 4.69) is 32.9 Å². The summed E-state index contributed by atoms with van der Waals surface area (Å²) in [5.74, 6) is 0.492. The van der Waals surface area contributed by atoms with E-state index in [9.17, 15) is 4.21 Å². The molecule has 0 spiro atoms. The van der Waals surface area contributed by atoms with Crippen molar-refractivity contribution in [2.45, 2.75) is 49.3 Å². The first-order chi connectivity index (χ1) is 7.56. The third kappa shape index (κ3) is 1.72. The maximum Gasteiger partial charge on any atom is 0.0585 e. The van der Waals surface area contributed by atoms with Gasteiger partial charge in [0.25, 0.3) is 0 Å². The molecule has 0 amide bonds. The Kier molecular flexibility index (Phi) is 3.17. The molecule has 3 unspecified atom stereocenters. The van der Waals surface area contributed by atoms with Gasteiger partial charge in [-0.2, -0.15) is 0 Å². The van der Waals surface area contributed by atoms with Crippen molar-refractivity contribution in [2.24, 2.45) is 5.73 Å². The standard InChI is InChI=1S/C13H19NOS/c1-4-11-13(14)10-7-9(8(2)3)5-6-12(10)16(11)15/h5-8,11,13H,4,14H2,1-3H3. The lowest BCUT2D eigenvalue weighted by Gasteiger charge is -2.12. The molecule has 88 valence electrons. The zero-order valence-electron chi connectivity index (χ0n) is 10.1. The van der Waals surface area contributed by atoms with Crippen LogP contribution < -0.4 is 5.73 Å². The maximum absolute atomic E-state index is 12.2. The Bertz CT molecular complexity index is 428. The van der Waals surface area contributed by atoms with Crippen molar-refractivity contribution in [3.8, 4) is 0 Å². The van der Waals surface area contributed by atoms with Crippen LogP contribution >= 0.6 is 0 Å². The summed E-state index contributed by atoms with van der Waals surface area (Å²) < 4.78 is 12.2. The summed E-state index contributed by atoms with van der Waals surface area (Å²) >= 11 is 0. The summed E-state index contributed by atoms with van der Waals surface area (Å²) in [6, 6.07) is 6.15. The Morgan fingerprint density at radius 2 is 2.12 bits per heavy atom. The smallest absolute Gasteiger partial charge is 0.0585 e. The summed E-state index contributed by atoms with van der Waals surface area (Å²) in [4.78, 5) is 0.948. The first-order valence-electron chi connectivity index (χ1n) is 5.86. The topological polar surface area (TPSA) is 43.1 Å². The van der Waals surface area contributed by atoms with Crippen LogP contribution in [0.3, 0.4) is 0 Å². The van der Waals surface area contributed by atoms with Gasteiger partial charge in [-0.15, -0.1) is 0 Å². The Labute approximate surface area is 99.7 Å². The van der Waals surface area contributed by atoms with Gasteiger partial charge in [0, 0.05) is 10.9 Å². The highest BCUT2D eigenvalue weighted by Gasteiger charge is 2.35. The van der Waals surface area contributed by atoms with Gasteiger partial charge in [-0.1, -0.05) is 32.9 Å². The first-order valence-corrected chi connectivity index (χ1v) is 7.07. The van der Waals surface area contributed by atoms with Crippen molar-refractivity contribution >= 4 is 10.8 Å². The second kappa shape index (κ2) is 4.30. The summed E-state index contributed by atoms with van der Waals surface area (Å²) in [6.07, 6.45) is 0.874. The highest BCUT2D eigenvalue weighted by atomic mass is 32.2. The van der Waals surface area contributed by atoms with Crippen LogP contribution in [0.5, 0.6) is 0 Å². The summed E-state index contributed by atoms with van der Waals surface area (Å²) in [7, 11) is -0.912. The van der Waals surface area contributed by atoms with Crippen LogP contribution in [0.4, 0.5) is 0 Å². The Morgan fingerprint density at radius 1 is 1.44 bits per heavy atom. The molecule has 0 aromatic heterocycles. The van der Waals surface area contributed by atoms with Crippen LogP contribution in [0.15, 0.2) is 23.1 Å². The first kappa shape index (κ1) is 11.8. The third-order valence-electron chi connectivity index (χ3n) is 3.35. The summed E-state index contributed by atoms with van der Waals surface area (Å²) in [6.45, 7) is 6.38. The minimum atomic E-state index is -0.912. The molecule has 3 heteroatoms. The number of hydrogen-bond donors (Lipinski definition) is 1. The zero-order chi connectivity index (χ0) is 11.9. The van der Waals surface area contributed by atoms with Crippen molar-refractivity contribution in [1.29, 1.82) is 0 Å². The van der Waals surface area contributed by atoms with Crippen molar-refractivity contribution in [3.05, 3.63) is 29.3 Å². The van der Waals surface area contributed by atoms with Gasteiger partial charge in [-0.25, -0.2) is 0 Å². The molecule has 0 saturated carbocycles. The van der Waals surface area contributed by atoms with Gasteiger partial charge in [-0.3, -0.25) is 4.21 Å². The molecule has 3 atom stereocenters.